The highest BCUT2D eigenvalue weighted by molar-refractivity contribution is 5.94. The van der Waals surface area contributed by atoms with Crippen molar-refractivity contribution in [1.29, 1.82) is 0 Å². The molecule has 0 bridgehead atoms. The lowest BCUT2D eigenvalue weighted by Crippen LogP contribution is -2.37. The largest absolute Gasteiger partial charge is 0.461 e. The Labute approximate surface area is 174 Å². The quantitative estimate of drug-likeness (QED) is 0.570. The summed E-state index contributed by atoms with van der Waals surface area (Å²) in [5, 5.41) is 8.31. The van der Waals surface area contributed by atoms with E-state index in [9.17, 15) is 22.8 Å². The zero-order valence-corrected chi connectivity index (χ0v) is 16.6. The summed E-state index contributed by atoms with van der Waals surface area (Å²) in [5.74, 6) is -1.09. The average molecular weight is 436 g/mol. The fourth-order valence-electron chi connectivity index (χ4n) is 3.54. The summed E-state index contributed by atoms with van der Waals surface area (Å²) in [5.41, 5.74) is 1.54. The lowest BCUT2D eigenvalue weighted by atomic mass is 10.0. The third-order valence-electron chi connectivity index (χ3n) is 4.95. The molecule has 0 saturated heterocycles. The van der Waals surface area contributed by atoms with Crippen LogP contribution in [-0.4, -0.2) is 60.5 Å². The highest BCUT2D eigenvalue weighted by Gasteiger charge is 2.33. The number of fused-ring (bicyclic) bond motifs is 2. The molecule has 0 N–H and O–H groups in total. The summed E-state index contributed by atoms with van der Waals surface area (Å²) in [6.45, 7) is 1.60. The first kappa shape index (κ1) is 20.8. The van der Waals surface area contributed by atoms with Gasteiger partial charge >= 0.3 is 12.1 Å². The van der Waals surface area contributed by atoms with Crippen molar-refractivity contribution in [1.82, 2.24) is 29.3 Å². The van der Waals surface area contributed by atoms with Crippen LogP contribution in [0.2, 0.25) is 0 Å². The van der Waals surface area contributed by atoms with E-state index < -0.39 is 25.1 Å². The minimum atomic E-state index is -4.35. The van der Waals surface area contributed by atoms with Gasteiger partial charge in [-0.15, -0.1) is 0 Å². The fourth-order valence-corrected chi connectivity index (χ4v) is 3.54. The van der Waals surface area contributed by atoms with E-state index in [1.807, 2.05) is 0 Å². The Bertz CT molecular complexity index is 1100. The van der Waals surface area contributed by atoms with E-state index in [2.05, 4.69) is 15.2 Å². The van der Waals surface area contributed by atoms with Gasteiger partial charge in [-0.2, -0.15) is 23.4 Å². The zero-order chi connectivity index (χ0) is 22.2. The summed E-state index contributed by atoms with van der Waals surface area (Å²) in [6, 6.07) is 3.24. The third-order valence-corrected chi connectivity index (χ3v) is 4.95. The Morgan fingerprint density at radius 1 is 1.26 bits per heavy atom. The van der Waals surface area contributed by atoms with Crippen molar-refractivity contribution < 1.29 is 27.5 Å². The van der Waals surface area contributed by atoms with Gasteiger partial charge in [0.1, 0.15) is 0 Å². The Morgan fingerprint density at radius 2 is 2.06 bits per heavy atom. The highest BCUT2D eigenvalue weighted by atomic mass is 19.4. The number of carbonyl (C=O) groups is 2. The number of esters is 1. The Hall–Kier alpha value is -3.44. The van der Waals surface area contributed by atoms with Crippen LogP contribution >= 0.6 is 0 Å². The predicted octanol–water partition coefficient (Wildman–Crippen LogP) is 2.25. The number of rotatable bonds is 5. The van der Waals surface area contributed by atoms with Crippen LogP contribution in [0.1, 0.15) is 45.6 Å². The van der Waals surface area contributed by atoms with Gasteiger partial charge in [-0.05, 0) is 13.0 Å². The molecular weight excluding hydrogens is 417 g/mol. The first-order chi connectivity index (χ1) is 14.8. The van der Waals surface area contributed by atoms with E-state index in [-0.39, 0.29) is 43.4 Å². The second-order valence-electron chi connectivity index (χ2n) is 7.01. The van der Waals surface area contributed by atoms with Crippen LogP contribution in [0.5, 0.6) is 0 Å². The van der Waals surface area contributed by atoms with Crippen LogP contribution in [0, 0.1) is 0 Å². The number of alkyl halides is 3. The Kier molecular flexibility index (Phi) is 5.38. The zero-order valence-electron chi connectivity index (χ0n) is 16.6. The molecule has 0 spiro atoms. The molecule has 3 aromatic rings. The monoisotopic (exact) mass is 436 g/mol. The van der Waals surface area contributed by atoms with Crippen LogP contribution in [0.15, 0.2) is 24.5 Å². The van der Waals surface area contributed by atoms with Crippen molar-refractivity contribution >= 4 is 17.5 Å². The van der Waals surface area contributed by atoms with Crippen molar-refractivity contribution in [3.05, 3.63) is 47.2 Å². The minimum Gasteiger partial charge on any atom is -0.461 e. The molecule has 4 rings (SSSR count). The molecule has 4 heterocycles. The molecule has 164 valence electrons. The molecular formula is C19H19F3N6O3. The number of halogens is 3. The number of hydrogen-bond donors (Lipinski definition) is 0. The van der Waals surface area contributed by atoms with Crippen LogP contribution in [-0.2, 0) is 24.2 Å². The SMILES string of the molecule is CCOC(=O)c1nn(CCC(F)(F)F)c2c1CN(C(=O)c1cc3ncccn3n1)CC2. The van der Waals surface area contributed by atoms with Crippen molar-refractivity contribution in [3.63, 3.8) is 0 Å². The highest BCUT2D eigenvalue weighted by Crippen LogP contribution is 2.27. The Morgan fingerprint density at radius 3 is 2.77 bits per heavy atom. The van der Waals surface area contributed by atoms with Crippen molar-refractivity contribution in [2.75, 3.05) is 13.2 Å². The topological polar surface area (TPSA) is 94.6 Å². The summed E-state index contributed by atoms with van der Waals surface area (Å²) >= 11 is 0. The second-order valence-corrected chi connectivity index (χ2v) is 7.01. The van der Waals surface area contributed by atoms with E-state index in [0.29, 0.717) is 16.9 Å². The molecule has 0 fully saturated rings. The van der Waals surface area contributed by atoms with Gasteiger partial charge in [-0.25, -0.2) is 14.3 Å². The number of ether oxygens (including phenoxy) is 1. The molecule has 9 nitrogen and oxygen atoms in total. The molecule has 1 amide bonds. The number of hydrogen-bond acceptors (Lipinski definition) is 6. The van der Waals surface area contributed by atoms with Crippen LogP contribution < -0.4 is 0 Å². The normalized spacial score (nSPS) is 14.0. The second kappa shape index (κ2) is 8.00. The number of nitrogens with zero attached hydrogens (tertiary/aromatic N) is 6. The standard InChI is InChI=1S/C19H19F3N6O3/c1-2-31-18(30)16-12-11-26(8-4-14(12)27(25-16)9-5-19(20,21)22)17(29)13-10-15-23-6-3-7-28(15)24-13/h3,6-7,10H,2,4-5,8-9,11H2,1H3. The lowest BCUT2D eigenvalue weighted by molar-refractivity contribution is -0.137. The maximum absolute atomic E-state index is 13.0. The van der Waals surface area contributed by atoms with E-state index >= 15 is 0 Å². The first-order valence-electron chi connectivity index (χ1n) is 9.69. The number of aromatic nitrogens is 5. The average Bonchev–Trinajstić information content (AvgIpc) is 3.32. The summed E-state index contributed by atoms with van der Waals surface area (Å²) in [6.07, 6.45) is -1.91. The van der Waals surface area contributed by atoms with Crippen molar-refractivity contribution in [2.45, 2.75) is 39.0 Å². The van der Waals surface area contributed by atoms with Crippen LogP contribution in [0.25, 0.3) is 5.65 Å². The molecule has 0 saturated carbocycles. The fraction of sp³-hybridized carbons (Fsp3) is 0.421. The van der Waals surface area contributed by atoms with Crippen LogP contribution in [0.4, 0.5) is 13.2 Å². The van der Waals surface area contributed by atoms with Gasteiger partial charge in [-0.1, -0.05) is 0 Å². The minimum absolute atomic E-state index is 0.0234. The maximum atomic E-state index is 13.0. The van der Waals surface area contributed by atoms with Crippen molar-refractivity contribution in [3.8, 4) is 0 Å². The number of amides is 1. The van der Waals surface area contributed by atoms with Gasteiger partial charge in [0, 0.05) is 49.2 Å². The molecule has 3 aromatic heterocycles. The molecule has 0 atom stereocenters. The lowest BCUT2D eigenvalue weighted by Gasteiger charge is -2.27. The van der Waals surface area contributed by atoms with Gasteiger partial charge in [0.25, 0.3) is 5.91 Å². The maximum Gasteiger partial charge on any atom is 0.390 e. The molecule has 12 heteroatoms. The summed E-state index contributed by atoms with van der Waals surface area (Å²) in [4.78, 5) is 30.9. The van der Waals surface area contributed by atoms with Gasteiger partial charge in [0.15, 0.2) is 17.0 Å². The Balaban J connectivity index is 1.62. The van der Waals surface area contributed by atoms with Gasteiger partial charge < -0.3 is 9.64 Å². The van der Waals surface area contributed by atoms with Crippen molar-refractivity contribution in [2.24, 2.45) is 0 Å². The third kappa shape index (κ3) is 4.23. The number of aryl methyl sites for hydroxylation is 1. The van der Waals surface area contributed by atoms with Gasteiger partial charge in [0.2, 0.25) is 0 Å². The molecule has 31 heavy (non-hydrogen) atoms. The van der Waals surface area contributed by atoms with E-state index in [4.69, 9.17) is 4.74 Å². The van der Waals surface area contributed by atoms with Gasteiger partial charge in [0.05, 0.1) is 19.6 Å². The summed E-state index contributed by atoms with van der Waals surface area (Å²) < 4.78 is 45.8. The van der Waals surface area contributed by atoms with Crippen LogP contribution in [0.3, 0.4) is 0 Å². The number of carbonyl (C=O) groups excluding carboxylic acids is 2. The first-order valence-corrected chi connectivity index (χ1v) is 9.69. The van der Waals surface area contributed by atoms with E-state index in [1.54, 1.807) is 31.5 Å². The molecule has 0 radical (unpaired) electrons. The molecule has 1 aliphatic rings. The summed E-state index contributed by atoms with van der Waals surface area (Å²) in [7, 11) is 0. The smallest absolute Gasteiger partial charge is 0.390 e. The molecule has 1 aliphatic heterocycles. The van der Waals surface area contributed by atoms with E-state index in [0.717, 1.165) is 0 Å². The van der Waals surface area contributed by atoms with Gasteiger partial charge in [-0.3, -0.25) is 9.48 Å². The molecule has 0 unspecified atom stereocenters. The molecule has 0 aliphatic carbocycles. The molecule has 0 aromatic carbocycles. The predicted molar refractivity (Wildman–Crippen MR) is 100 cm³/mol. The van der Waals surface area contributed by atoms with E-state index in [1.165, 1.54) is 14.1 Å².